The topological polar surface area (TPSA) is 49.6 Å². The smallest absolute Gasteiger partial charge is 0.243 e. The number of carbonyl (C=O) groups excluding carboxylic acids is 1. The van der Waals surface area contributed by atoms with Gasteiger partial charge in [0.1, 0.15) is 11.5 Å². The van der Waals surface area contributed by atoms with E-state index in [9.17, 15) is 4.79 Å². The van der Waals surface area contributed by atoms with Crippen molar-refractivity contribution in [3.63, 3.8) is 0 Å². The Morgan fingerprint density at radius 1 is 1.18 bits per heavy atom. The van der Waals surface area contributed by atoms with Crippen LogP contribution >= 0.6 is 15.9 Å². The molecular weight excluding hydrogens is 344 g/mol. The number of halogens is 1. The Kier molecular flexibility index (Phi) is 3.11. The quantitative estimate of drug-likeness (QED) is 0.728. The van der Waals surface area contributed by atoms with Crippen LogP contribution in [0.2, 0.25) is 0 Å². The molecule has 0 fully saturated rings. The van der Waals surface area contributed by atoms with Crippen LogP contribution in [0.3, 0.4) is 0 Å². The number of hydrogen-bond donors (Lipinski definition) is 1. The van der Waals surface area contributed by atoms with Gasteiger partial charge < -0.3 is 10.2 Å². The lowest BCUT2D eigenvalue weighted by Gasteiger charge is -2.20. The first-order valence-electron chi connectivity index (χ1n) is 6.96. The number of fused-ring (bicyclic) bond motifs is 2. The Balaban J connectivity index is 1.79. The molecule has 3 heterocycles. The predicted octanol–water partition coefficient (Wildman–Crippen LogP) is 3.06. The van der Waals surface area contributed by atoms with Crippen LogP contribution in [0.4, 0.5) is 11.5 Å². The molecule has 1 aromatic carbocycles. The normalized spacial score (nSPS) is 14.6. The minimum atomic E-state index is -0.0252. The van der Waals surface area contributed by atoms with E-state index >= 15 is 0 Å². The van der Waals surface area contributed by atoms with Gasteiger partial charge >= 0.3 is 0 Å². The van der Waals surface area contributed by atoms with Crippen molar-refractivity contribution in [3.05, 3.63) is 58.8 Å². The van der Waals surface area contributed by atoms with E-state index in [0.717, 1.165) is 27.2 Å². The molecule has 1 amide bonds. The van der Waals surface area contributed by atoms with Gasteiger partial charge in [0, 0.05) is 22.9 Å². The number of nitrogens with one attached hydrogen (secondary N) is 1. The van der Waals surface area contributed by atoms with E-state index in [2.05, 4.69) is 26.2 Å². The summed E-state index contributed by atoms with van der Waals surface area (Å²) in [7, 11) is 0. The molecular formula is C16H13BrN4O. The van der Waals surface area contributed by atoms with Gasteiger partial charge in [-0.2, -0.15) is 0 Å². The molecule has 2 aromatic heterocycles. The van der Waals surface area contributed by atoms with Crippen molar-refractivity contribution in [2.45, 2.75) is 6.54 Å². The van der Waals surface area contributed by atoms with Crippen LogP contribution in [-0.4, -0.2) is 21.8 Å². The number of rotatable bonds is 1. The predicted molar refractivity (Wildman–Crippen MR) is 89.0 cm³/mol. The number of aromatic nitrogens is 2. The first kappa shape index (κ1) is 13.3. The molecule has 5 nitrogen and oxygen atoms in total. The molecule has 1 N–H and O–H groups in total. The summed E-state index contributed by atoms with van der Waals surface area (Å²) in [5.41, 5.74) is 2.81. The lowest BCUT2D eigenvalue weighted by atomic mass is 10.2. The third-order valence-electron chi connectivity index (χ3n) is 3.76. The molecule has 0 bridgehead atoms. The highest BCUT2D eigenvalue weighted by molar-refractivity contribution is 9.10. The maximum Gasteiger partial charge on any atom is 0.243 e. The first-order chi connectivity index (χ1) is 10.7. The van der Waals surface area contributed by atoms with Gasteiger partial charge in [0.25, 0.3) is 0 Å². The molecule has 1 aliphatic heterocycles. The fourth-order valence-electron chi connectivity index (χ4n) is 2.74. The monoisotopic (exact) mass is 356 g/mol. The molecule has 4 rings (SSSR count). The summed E-state index contributed by atoms with van der Waals surface area (Å²) in [6.45, 7) is 0.957. The largest absolute Gasteiger partial charge is 0.343 e. The number of imidazole rings is 1. The third kappa shape index (κ3) is 2.25. The highest BCUT2D eigenvalue weighted by Crippen LogP contribution is 2.27. The molecule has 0 saturated heterocycles. The summed E-state index contributed by atoms with van der Waals surface area (Å²) in [6.07, 6.45) is 3.77. The minimum Gasteiger partial charge on any atom is -0.343 e. The number of carbonyl (C=O) groups is 1. The van der Waals surface area contributed by atoms with E-state index in [0.29, 0.717) is 13.1 Å². The van der Waals surface area contributed by atoms with Crippen molar-refractivity contribution in [1.29, 1.82) is 0 Å². The molecule has 0 aliphatic carbocycles. The Hall–Kier alpha value is -2.34. The molecule has 110 valence electrons. The van der Waals surface area contributed by atoms with Crippen LogP contribution in [-0.2, 0) is 11.3 Å². The fourth-order valence-corrected chi connectivity index (χ4v) is 3.10. The average Bonchev–Trinajstić information content (AvgIpc) is 2.85. The second kappa shape index (κ2) is 5.14. The summed E-state index contributed by atoms with van der Waals surface area (Å²) in [5, 5.41) is 2.96. The lowest BCUT2D eigenvalue weighted by Crippen LogP contribution is -2.30. The average molecular weight is 357 g/mol. The molecule has 1 aliphatic rings. The second-order valence-electron chi connectivity index (χ2n) is 5.25. The molecule has 6 heteroatoms. The van der Waals surface area contributed by atoms with Gasteiger partial charge in [-0.05, 0) is 29.8 Å². The zero-order valence-electron chi connectivity index (χ0n) is 11.7. The van der Waals surface area contributed by atoms with Crippen molar-refractivity contribution in [3.8, 4) is 0 Å². The van der Waals surface area contributed by atoms with Crippen LogP contribution in [0.5, 0.6) is 0 Å². The molecule has 0 atom stereocenters. The SMILES string of the molecule is O=C1CN(c2cnc3ccccn23)Cc2ccc(Br)cc2N1. The van der Waals surface area contributed by atoms with E-state index < -0.39 is 0 Å². The number of amides is 1. The molecule has 0 unspecified atom stereocenters. The standard InChI is InChI=1S/C16H13BrN4O/c17-12-5-4-11-9-20(10-15(22)19-13(11)7-12)16-8-18-14-3-1-2-6-21(14)16/h1-8H,9-10H2,(H,19,22). The van der Waals surface area contributed by atoms with Crippen molar-refractivity contribution in [1.82, 2.24) is 9.38 Å². The Labute approximate surface area is 135 Å². The van der Waals surface area contributed by atoms with Gasteiger partial charge in [-0.1, -0.05) is 28.1 Å². The number of pyridine rings is 1. The number of anilines is 2. The highest BCUT2D eigenvalue weighted by atomic mass is 79.9. The van der Waals surface area contributed by atoms with Gasteiger partial charge in [-0.15, -0.1) is 0 Å². The molecule has 0 radical (unpaired) electrons. The highest BCUT2D eigenvalue weighted by Gasteiger charge is 2.21. The van der Waals surface area contributed by atoms with Crippen molar-refractivity contribution in [2.24, 2.45) is 0 Å². The number of hydrogen-bond acceptors (Lipinski definition) is 3. The first-order valence-corrected chi connectivity index (χ1v) is 7.75. The second-order valence-corrected chi connectivity index (χ2v) is 6.17. The van der Waals surface area contributed by atoms with E-state index in [1.807, 2.05) is 58.1 Å². The Bertz CT molecular complexity index is 873. The van der Waals surface area contributed by atoms with E-state index in [1.54, 1.807) is 0 Å². The maximum atomic E-state index is 12.2. The van der Waals surface area contributed by atoms with E-state index in [4.69, 9.17) is 0 Å². The van der Waals surface area contributed by atoms with Gasteiger partial charge in [-0.3, -0.25) is 9.20 Å². The summed E-state index contributed by atoms with van der Waals surface area (Å²) >= 11 is 3.44. The molecule has 0 saturated carbocycles. The fraction of sp³-hybridized carbons (Fsp3) is 0.125. The van der Waals surface area contributed by atoms with E-state index in [-0.39, 0.29) is 5.91 Å². The summed E-state index contributed by atoms with van der Waals surface area (Å²) in [6, 6.07) is 11.8. The zero-order valence-corrected chi connectivity index (χ0v) is 13.2. The Morgan fingerprint density at radius 2 is 2.09 bits per heavy atom. The van der Waals surface area contributed by atoms with E-state index in [1.165, 1.54) is 0 Å². The maximum absolute atomic E-state index is 12.2. The van der Waals surface area contributed by atoms with Crippen LogP contribution in [0, 0.1) is 0 Å². The molecule has 22 heavy (non-hydrogen) atoms. The van der Waals surface area contributed by atoms with Crippen LogP contribution in [0.1, 0.15) is 5.56 Å². The summed E-state index contributed by atoms with van der Waals surface area (Å²) in [5.74, 6) is 0.893. The number of nitrogens with zero attached hydrogens (tertiary/aromatic N) is 3. The summed E-state index contributed by atoms with van der Waals surface area (Å²) < 4.78 is 2.95. The van der Waals surface area contributed by atoms with Crippen molar-refractivity contribution < 1.29 is 4.79 Å². The van der Waals surface area contributed by atoms with Crippen LogP contribution in [0.25, 0.3) is 5.65 Å². The van der Waals surface area contributed by atoms with Crippen LogP contribution < -0.4 is 10.2 Å². The molecule has 3 aromatic rings. The molecule has 0 spiro atoms. The Morgan fingerprint density at radius 3 is 3.00 bits per heavy atom. The van der Waals surface area contributed by atoms with Gasteiger partial charge in [0.2, 0.25) is 5.91 Å². The summed E-state index contributed by atoms with van der Waals surface area (Å²) in [4.78, 5) is 18.6. The third-order valence-corrected chi connectivity index (χ3v) is 4.26. The van der Waals surface area contributed by atoms with Gasteiger partial charge in [0.05, 0.1) is 12.7 Å². The van der Waals surface area contributed by atoms with Crippen LogP contribution in [0.15, 0.2) is 53.3 Å². The van der Waals surface area contributed by atoms with Crippen molar-refractivity contribution in [2.75, 3.05) is 16.8 Å². The number of benzene rings is 1. The minimum absolute atomic E-state index is 0.0252. The zero-order chi connectivity index (χ0) is 15.1. The van der Waals surface area contributed by atoms with Gasteiger partial charge in [-0.25, -0.2) is 4.98 Å². The van der Waals surface area contributed by atoms with Gasteiger partial charge in [0.15, 0.2) is 0 Å². The van der Waals surface area contributed by atoms with Crippen molar-refractivity contribution >= 4 is 39.0 Å². The lowest BCUT2D eigenvalue weighted by molar-refractivity contribution is -0.114.